The number of methoxy groups -OCH3 is 2. The lowest BCUT2D eigenvalue weighted by atomic mass is 9.65. The van der Waals surface area contributed by atoms with E-state index < -0.39 is 29.6 Å². The molecule has 0 aliphatic heterocycles. The third-order valence-electron chi connectivity index (χ3n) is 7.37. The zero-order valence-corrected chi connectivity index (χ0v) is 23.1. The Morgan fingerprint density at radius 3 is 2.39 bits per heavy atom. The van der Waals surface area contributed by atoms with Gasteiger partial charge in [-0.3, -0.25) is 9.59 Å². The molecule has 0 fully saturated rings. The second-order valence-corrected chi connectivity index (χ2v) is 11.0. The van der Waals surface area contributed by atoms with Crippen molar-refractivity contribution in [2.75, 3.05) is 20.8 Å². The molecule has 2 aliphatic carbocycles. The summed E-state index contributed by atoms with van der Waals surface area (Å²) >= 11 is 0. The molecule has 204 valence electrons. The predicted octanol–water partition coefficient (Wildman–Crippen LogP) is 5.45. The van der Waals surface area contributed by atoms with Crippen molar-refractivity contribution in [2.45, 2.75) is 79.6 Å². The van der Waals surface area contributed by atoms with Gasteiger partial charge in [-0.25, -0.2) is 4.79 Å². The molecule has 8 nitrogen and oxygen atoms in total. The molecule has 0 saturated carbocycles. The minimum atomic E-state index is -1.01. The van der Waals surface area contributed by atoms with Crippen molar-refractivity contribution in [3.8, 4) is 0 Å². The van der Waals surface area contributed by atoms with Gasteiger partial charge in [0.15, 0.2) is 6.29 Å². The molecule has 0 aromatic heterocycles. The first kappa shape index (κ1) is 30.0. The largest absolute Gasteiger partial charge is 0.516 e. The zero-order valence-electron chi connectivity index (χ0n) is 23.1. The summed E-state index contributed by atoms with van der Waals surface area (Å²) in [5, 5.41) is 0. The molecule has 0 bridgehead atoms. The zero-order chi connectivity index (χ0) is 27.0. The van der Waals surface area contributed by atoms with E-state index in [1.807, 2.05) is 46.8 Å². The van der Waals surface area contributed by atoms with E-state index in [-0.39, 0.29) is 49.0 Å². The number of allylic oxidation sites excluding steroid dienone is 2. The number of rotatable bonds is 11. The first-order chi connectivity index (χ1) is 16.9. The fourth-order valence-electron chi connectivity index (χ4n) is 4.70. The SMILES string of the molecule is CCC(C)(C)C(=O)O[C@H]1C[C@H](C(=O)OC(=O)OCC(C)C)C=C2C=C[C@H](C)[C@H](CCC(OC)OC)[C@H]21. The number of carbonyl (C=O) groups excluding carboxylic acids is 3. The van der Waals surface area contributed by atoms with Gasteiger partial charge in [0.05, 0.1) is 17.9 Å². The van der Waals surface area contributed by atoms with Crippen LogP contribution in [0.2, 0.25) is 0 Å². The summed E-state index contributed by atoms with van der Waals surface area (Å²) in [6.45, 7) is 11.8. The quantitative estimate of drug-likeness (QED) is 0.206. The van der Waals surface area contributed by atoms with Crippen molar-refractivity contribution in [3.05, 3.63) is 23.8 Å². The minimum absolute atomic E-state index is 0.0899. The fraction of sp³-hybridized carbons (Fsp3) is 0.750. The second-order valence-electron chi connectivity index (χ2n) is 11.0. The summed E-state index contributed by atoms with van der Waals surface area (Å²) in [7, 11) is 3.23. The van der Waals surface area contributed by atoms with Gasteiger partial charge < -0.3 is 23.7 Å². The van der Waals surface area contributed by atoms with Gasteiger partial charge in [0.1, 0.15) is 6.10 Å². The summed E-state index contributed by atoms with van der Waals surface area (Å²) in [5.41, 5.74) is 0.265. The molecule has 0 radical (unpaired) electrons. The monoisotopic (exact) mass is 508 g/mol. The molecule has 8 heteroatoms. The van der Waals surface area contributed by atoms with Crippen LogP contribution in [0.15, 0.2) is 23.8 Å². The van der Waals surface area contributed by atoms with Gasteiger partial charge in [0.2, 0.25) is 0 Å². The van der Waals surface area contributed by atoms with Gasteiger partial charge in [-0.2, -0.15) is 0 Å². The Balaban J connectivity index is 2.31. The number of hydrogen-bond acceptors (Lipinski definition) is 8. The maximum absolute atomic E-state index is 13.1. The molecule has 0 heterocycles. The van der Waals surface area contributed by atoms with E-state index >= 15 is 0 Å². The topological polar surface area (TPSA) is 97.4 Å². The van der Waals surface area contributed by atoms with E-state index in [1.54, 1.807) is 14.2 Å². The smallest absolute Gasteiger partial charge is 0.461 e. The first-order valence-corrected chi connectivity index (χ1v) is 13.0. The van der Waals surface area contributed by atoms with Gasteiger partial charge >= 0.3 is 18.1 Å². The summed E-state index contributed by atoms with van der Waals surface area (Å²) in [6, 6.07) is 0. The summed E-state index contributed by atoms with van der Waals surface area (Å²) in [4.78, 5) is 38.0. The molecule has 0 N–H and O–H groups in total. The lowest BCUT2D eigenvalue weighted by Gasteiger charge is -2.43. The Kier molecular flexibility index (Phi) is 11.2. The Morgan fingerprint density at radius 2 is 1.81 bits per heavy atom. The molecule has 0 aromatic rings. The lowest BCUT2D eigenvalue weighted by Crippen LogP contribution is -2.44. The molecule has 0 aromatic carbocycles. The molecular weight excluding hydrogens is 464 g/mol. The van der Waals surface area contributed by atoms with Crippen molar-refractivity contribution in [3.63, 3.8) is 0 Å². The van der Waals surface area contributed by atoms with E-state index in [9.17, 15) is 14.4 Å². The number of esters is 2. The van der Waals surface area contributed by atoms with Gasteiger partial charge in [-0.05, 0) is 56.4 Å². The fourth-order valence-corrected chi connectivity index (χ4v) is 4.70. The van der Waals surface area contributed by atoms with Crippen LogP contribution in [-0.4, -0.2) is 51.3 Å². The van der Waals surface area contributed by atoms with Crippen LogP contribution in [0.5, 0.6) is 0 Å². The van der Waals surface area contributed by atoms with Crippen LogP contribution in [0.1, 0.15) is 67.2 Å². The number of fused-ring (bicyclic) bond motifs is 1. The van der Waals surface area contributed by atoms with Crippen molar-refractivity contribution in [2.24, 2.45) is 35.0 Å². The number of carbonyl (C=O) groups is 3. The van der Waals surface area contributed by atoms with E-state index in [2.05, 4.69) is 13.0 Å². The van der Waals surface area contributed by atoms with E-state index in [1.165, 1.54) is 0 Å². The predicted molar refractivity (Wildman–Crippen MR) is 135 cm³/mol. The summed E-state index contributed by atoms with van der Waals surface area (Å²) in [5.74, 6) is -1.30. The highest BCUT2D eigenvalue weighted by atomic mass is 16.7. The number of hydrogen-bond donors (Lipinski definition) is 0. The van der Waals surface area contributed by atoms with E-state index in [4.69, 9.17) is 23.7 Å². The Morgan fingerprint density at radius 1 is 1.14 bits per heavy atom. The normalized spacial score (nSPS) is 25.8. The van der Waals surface area contributed by atoms with Gasteiger partial charge in [-0.15, -0.1) is 0 Å². The Bertz CT molecular complexity index is 823. The average molecular weight is 509 g/mol. The van der Waals surface area contributed by atoms with Crippen molar-refractivity contribution in [1.82, 2.24) is 0 Å². The lowest BCUT2D eigenvalue weighted by molar-refractivity contribution is -0.167. The molecular formula is C28H44O8. The maximum atomic E-state index is 13.1. The molecule has 2 rings (SSSR count). The standard InChI is InChI=1S/C28H44O8/c1-9-28(5,6)26(30)35-22-15-20(25(29)36-27(31)34-16-17(2)3)14-19-11-10-18(4)21(24(19)22)12-13-23(32-7)33-8/h10-11,14,17-18,20-24H,9,12-13,15-16H2,1-8H3/t18-,20+,21-,22-,24-/m0/s1. The van der Waals surface area contributed by atoms with Crippen LogP contribution >= 0.6 is 0 Å². The molecule has 5 atom stereocenters. The van der Waals surface area contributed by atoms with Crippen LogP contribution in [0.25, 0.3) is 0 Å². The second kappa shape index (κ2) is 13.4. The molecule has 0 spiro atoms. The molecule has 2 aliphatic rings. The molecule has 0 amide bonds. The third-order valence-corrected chi connectivity index (χ3v) is 7.37. The van der Waals surface area contributed by atoms with Gasteiger partial charge in [-0.1, -0.05) is 45.9 Å². The van der Waals surface area contributed by atoms with Crippen LogP contribution in [0.3, 0.4) is 0 Å². The Labute approximate surface area is 215 Å². The molecule has 0 unspecified atom stereocenters. The van der Waals surface area contributed by atoms with Crippen LogP contribution in [0.4, 0.5) is 4.79 Å². The average Bonchev–Trinajstić information content (AvgIpc) is 2.84. The maximum Gasteiger partial charge on any atom is 0.516 e. The number of ether oxygens (including phenoxy) is 5. The van der Waals surface area contributed by atoms with Crippen LogP contribution in [0, 0.1) is 35.0 Å². The van der Waals surface area contributed by atoms with Crippen molar-refractivity contribution < 1.29 is 38.1 Å². The highest BCUT2D eigenvalue weighted by Crippen LogP contribution is 2.45. The summed E-state index contributed by atoms with van der Waals surface area (Å²) < 4.78 is 26.9. The van der Waals surface area contributed by atoms with E-state index in [0.717, 1.165) is 12.0 Å². The Hall–Kier alpha value is -2.19. The summed E-state index contributed by atoms with van der Waals surface area (Å²) in [6.07, 6.45) is 6.44. The van der Waals surface area contributed by atoms with E-state index in [0.29, 0.717) is 12.8 Å². The highest BCUT2D eigenvalue weighted by molar-refractivity contribution is 5.85. The van der Waals surface area contributed by atoms with Gasteiger partial charge in [0, 0.05) is 26.6 Å². The van der Waals surface area contributed by atoms with Crippen molar-refractivity contribution >= 4 is 18.1 Å². The first-order valence-electron chi connectivity index (χ1n) is 13.0. The van der Waals surface area contributed by atoms with Crippen LogP contribution in [-0.2, 0) is 33.3 Å². The molecule has 0 saturated heterocycles. The minimum Gasteiger partial charge on any atom is -0.461 e. The highest BCUT2D eigenvalue weighted by Gasteiger charge is 2.45. The molecule has 36 heavy (non-hydrogen) atoms. The van der Waals surface area contributed by atoms with Gasteiger partial charge in [0.25, 0.3) is 0 Å². The van der Waals surface area contributed by atoms with Crippen LogP contribution < -0.4 is 0 Å². The van der Waals surface area contributed by atoms with Crippen molar-refractivity contribution in [1.29, 1.82) is 0 Å². The third kappa shape index (κ3) is 7.90.